The first-order valence-corrected chi connectivity index (χ1v) is 10.0. The molecule has 3 aromatic rings. The molecule has 0 atom stereocenters. The summed E-state index contributed by atoms with van der Waals surface area (Å²) in [5.41, 5.74) is 4.45. The second kappa shape index (κ2) is 6.86. The van der Waals surface area contributed by atoms with Gasteiger partial charge in [-0.1, -0.05) is 24.3 Å². The Kier molecular flexibility index (Phi) is 4.27. The molecule has 154 valence electrons. The summed E-state index contributed by atoms with van der Waals surface area (Å²) in [7, 11) is 0. The van der Waals surface area contributed by atoms with Gasteiger partial charge in [0.1, 0.15) is 0 Å². The molecule has 0 radical (unpaired) electrons. The molecule has 0 amide bonds. The summed E-state index contributed by atoms with van der Waals surface area (Å²) in [5.74, 6) is -0.577. The minimum Gasteiger partial charge on any atom is -0.449 e. The molecule has 1 aromatic carbocycles. The highest BCUT2D eigenvalue weighted by Gasteiger charge is 2.31. The molecule has 0 saturated heterocycles. The number of fused-ring (bicyclic) bond motifs is 2. The van der Waals surface area contributed by atoms with Gasteiger partial charge in [-0.2, -0.15) is 0 Å². The molecule has 2 aromatic heterocycles. The van der Waals surface area contributed by atoms with Crippen molar-refractivity contribution in [1.29, 1.82) is 0 Å². The van der Waals surface area contributed by atoms with E-state index in [1.807, 2.05) is 24.0 Å². The molecule has 3 heterocycles. The average molecular weight is 408 g/mol. The van der Waals surface area contributed by atoms with E-state index in [0.29, 0.717) is 29.9 Å². The van der Waals surface area contributed by atoms with E-state index in [-0.39, 0.29) is 11.7 Å². The van der Waals surface area contributed by atoms with Crippen molar-refractivity contribution in [2.45, 2.75) is 38.6 Å². The molecule has 1 fully saturated rings. The predicted molar refractivity (Wildman–Crippen MR) is 110 cm³/mol. The van der Waals surface area contributed by atoms with Gasteiger partial charge in [0, 0.05) is 13.1 Å². The summed E-state index contributed by atoms with van der Waals surface area (Å²) in [6.45, 7) is 3.12. The zero-order valence-corrected chi connectivity index (χ0v) is 16.5. The molecule has 30 heavy (non-hydrogen) atoms. The lowest BCUT2D eigenvalue weighted by molar-refractivity contribution is 0.143. The monoisotopic (exact) mass is 408 g/mol. The maximum absolute atomic E-state index is 15.3. The number of aryl methyl sites for hydroxylation is 1. The normalized spacial score (nSPS) is 15.9. The van der Waals surface area contributed by atoms with Crippen molar-refractivity contribution in [3.63, 3.8) is 0 Å². The van der Waals surface area contributed by atoms with E-state index in [0.717, 1.165) is 24.8 Å². The smallest absolute Gasteiger partial charge is 0.449 e. The van der Waals surface area contributed by atoms with Crippen LogP contribution in [0.25, 0.3) is 5.52 Å². The number of hydrogen-bond donors (Lipinski definition) is 1. The Morgan fingerprint density at radius 3 is 2.67 bits per heavy atom. The number of hydrogen-bond acceptors (Lipinski definition) is 4. The number of rotatable bonds is 3. The Hall–Kier alpha value is -3.35. The predicted octanol–water partition coefficient (Wildman–Crippen LogP) is 4.24. The van der Waals surface area contributed by atoms with Crippen LogP contribution >= 0.6 is 0 Å². The zero-order valence-electron chi connectivity index (χ0n) is 16.5. The van der Waals surface area contributed by atoms with Gasteiger partial charge in [-0.25, -0.2) is 9.18 Å². The molecule has 1 N–H and O–H groups in total. The van der Waals surface area contributed by atoms with Crippen molar-refractivity contribution in [3.8, 4) is 5.75 Å². The van der Waals surface area contributed by atoms with Crippen LogP contribution in [-0.4, -0.2) is 22.2 Å². The molecule has 6 nitrogen and oxygen atoms in total. The van der Waals surface area contributed by atoms with E-state index in [1.165, 1.54) is 27.8 Å². The Bertz CT molecular complexity index is 1250. The van der Waals surface area contributed by atoms with E-state index in [9.17, 15) is 9.59 Å². The maximum atomic E-state index is 15.3. The molecule has 0 spiro atoms. The van der Waals surface area contributed by atoms with E-state index in [1.54, 1.807) is 0 Å². The lowest BCUT2D eigenvalue weighted by Crippen LogP contribution is -2.32. The standard InChI is InChI=1S/C23H21FN2O4/c1-13-20-17(15-6-7-15)10-19(30-23(28)29)22(27)26(20)12-18(24)21(13)25-9-8-14-4-2-3-5-16(14)11-25/h2-5,10,12,15H,6-9,11H2,1H3,(H,28,29). The average Bonchev–Trinajstić information content (AvgIpc) is 3.55. The SMILES string of the molecule is Cc1c(N2CCc3ccccc3C2)c(F)cn2c(=O)c(OC(=O)O)cc(C3CC3)c12. The number of anilines is 1. The quantitative estimate of drug-likeness (QED) is 0.657. The number of benzene rings is 1. The largest absolute Gasteiger partial charge is 0.511 e. The van der Waals surface area contributed by atoms with Crippen LogP contribution in [0.2, 0.25) is 0 Å². The number of ether oxygens (including phenoxy) is 1. The molecular weight excluding hydrogens is 387 g/mol. The van der Waals surface area contributed by atoms with Gasteiger partial charge in [-0.05, 0) is 60.4 Å². The fourth-order valence-corrected chi connectivity index (χ4v) is 4.56. The second-order valence-corrected chi connectivity index (χ2v) is 8.02. The number of carboxylic acid groups (broad SMARTS) is 1. The number of aromatic nitrogens is 1. The Labute approximate surface area is 172 Å². The summed E-state index contributed by atoms with van der Waals surface area (Å²) < 4.78 is 21.2. The first-order valence-electron chi connectivity index (χ1n) is 10.0. The molecule has 1 aliphatic carbocycles. The lowest BCUT2D eigenvalue weighted by atomic mass is 9.98. The van der Waals surface area contributed by atoms with Crippen LogP contribution in [0, 0.1) is 12.7 Å². The van der Waals surface area contributed by atoms with Crippen molar-refractivity contribution >= 4 is 17.4 Å². The summed E-state index contributed by atoms with van der Waals surface area (Å²) in [6.07, 6.45) is 2.33. The molecular formula is C23H21FN2O4. The highest BCUT2D eigenvalue weighted by atomic mass is 19.1. The van der Waals surface area contributed by atoms with E-state index >= 15 is 4.39 Å². The summed E-state index contributed by atoms with van der Waals surface area (Å²) >= 11 is 0. The van der Waals surface area contributed by atoms with E-state index in [2.05, 4.69) is 16.9 Å². The van der Waals surface area contributed by atoms with Gasteiger partial charge in [0.25, 0.3) is 5.56 Å². The minimum atomic E-state index is -1.56. The zero-order chi connectivity index (χ0) is 21.0. The van der Waals surface area contributed by atoms with Crippen LogP contribution in [0.15, 0.2) is 41.3 Å². The fourth-order valence-electron chi connectivity index (χ4n) is 4.56. The topological polar surface area (TPSA) is 71.2 Å². The lowest BCUT2D eigenvalue weighted by Gasteiger charge is -2.32. The molecule has 1 aliphatic heterocycles. The van der Waals surface area contributed by atoms with Crippen LogP contribution in [0.3, 0.4) is 0 Å². The van der Waals surface area contributed by atoms with Crippen LogP contribution in [0.1, 0.15) is 41.0 Å². The van der Waals surface area contributed by atoms with Gasteiger partial charge < -0.3 is 14.7 Å². The third-order valence-electron chi connectivity index (χ3n) is 6.07. The van der Waals surface area contributed by atoms with E-state index in [4.69, 9.17) is 5.11 Å². The summed E-state index contributed by atoms with van der Waals surface area (Å²) in [6, 6.07) is 9.68. The first kappa shape index (κ1) is 18.7. The van der Waals surface area contributed by atoms with Crippen LogP contribution < -0.4 is 15.2 Å². The molecule has 0 unspecified atom stereocenters. The van der Waals surface area contributed by atoms with Gasteiger partial charge in [-0.15, -0.1) is 0 Å². The third kappa shape index (κ3) is 3.01. The maximum Gasteiger partial charge on any atom is 0.511 e. The van der Waals surface area contributed by atoms with Gasteiger partial charge in [-0.3, -0.25) is 9.20 Å². The number of carbonyl (C=O) groups is 1. The molecule has 0 bridgehead atoms. The van der Waals surface area contributed by atoms with Crippen molar-refractivity contribution < 1.29 is 19.0 Å². The minimum absolute atomic E-state index is 0.218. The van der Waals surface area contributed by atoms with Crippen molar-refractivity contribution in [3.05, 3.63) is 75.0 Å². The Morgan fingerprint density at radius 2 is 1.97 bits per heavy atom. The highest BCUT2D eigenvalue weighted by Crippen LogP contribution is 2.44. The Morgan fingerprint density at radius 1 is 1.23 bits per heavy atom. The number of nitrogens with zero attached hydrogens (tertiary/aromatic N) is 2. The van der Waals surface area contributed by atoms with Crippen LogP contribution in [0.4, 0.5) is 14.9 Å². The van der Waals surface area contributed by atoms with Gasteiger partial charge in [0.05, 0.1) is 17.4 Å². The van der Waals surface area contributed by atoms with Crippen molar-refractivity contribution in [2.75, 3.05) is 11.4 Å². The summed E-state index contributed by atoms with van der Waals surface area (Å²) in [5, 5.41) is 8.96. The second-order valence-electron chi connectivity index (χ2n) is 8.02. The van der Waals surface area contributed by atoms with Gasteiger partial charge in [0.15, 0.2) is 11.6 Å². The van der Waals surface area contributed by atoms with Crippen LogP contribution in [-0.2, 0) is 13.0 Å². The van der Waals surface area contributed by atoms with Gasteiger partial charge in [0.2, 0.25) is 0 Å². The molecule has 2 aliphatic rings. The van der Waals surface area contributed by atoms with Crippen molar-refractivity contribution in [1.82, 2.24) is 4.40 Å². The van der Waals surface area contributed by atoms with E-state index < -0.39 is 17.5 Å². The number of halogens is 1. The highest BCUT2D eigenvalue weighted by molar-refractivity contribution is 5.74. The van der Waals surface area contributed by atoms with Crippen molar-refractivity contribution in [2.24, 2.45) is 0 Å². The third-order valence-corrected chi connectivity index (χ3v) is 6.07. The fraction of sp³-hybridized carbons (Fsp3) is 0.304. The molecule has 1 saturated carbocycles. The molecule has 7 heteroatoms. The Balaban J connectivity index is 1.69. The summed E-state index contributed by atoms with van der Waals surface area (Å²) in [4.78, 5) is 25.8. The number of pyridine rings is 2. The first-order chi connectivity index (χ1) is 14.4. The van der Waals surface area contributed by atoms with Gasteiger partial charge >= 0.3 is 6.16 Å². The molecule has 5 rings (SSSR count). The van der Waals surface area contributed by atoms with Crippen LogP contribution in [0.5, 0.6) is 5.75 Å².